The fraction of sp³-hybridized carbons (Fsp3) is 0.269. The fourth-order valence-corrected chi connectivity index (χ4v) is 5.44. The van der Waals surface area contributed by atoms with Crippen LogP contribution in [-0.4, -0.2) is 49.3 Å². The zero-order chi connectivity index (χ0) is 24.7. The Balaban J connectivity index is 1.32. The highest BCUT2D eigenvalue weighted by Crippen LogP contribution is 2.22. The minimum atomic E-state index is -3.64. The Morgan fingerprint density at radius 1 is 0.971 bits per heavy atom. The molecule has 1 fully saturated rings. The number of rotatable bonds is 7. The summed E-state index contributed by atoms with van der Waals surface area (Å²) in [5.41, 5.74) is 1.72. The lowest BCUT2D eigenvalue weighted by atomic mass is 10.2. The third-order valence-electron chi connectivity index (χ3n) is 5.68. The summed E-state index contributed by atoms with van der Waals surface area (Å²) >= 11 is 0. The molecule has 1 saturated heterocycles. The Morgan fingerprint density at radius 3 is 2.54 bits per heavy atom. The topological polar surface area (TPSA) is 106 Å². The molecule has 1 N–H and O–H groups in total. The summed E-state index contributed by atoms with van der Waals surface area (Å²) in [6.45, 7) is 0.492. The lowest BCUT2D eigenvalue weighted by Crippen LogP contribution is -2.32. The van der Waals surface area contributed by atoms with E-state index in [1.807, 2.05) is 30.3 Å². The molecule has 0 unspecified atom stereocenters. The molecule has 1 aliphatic heterocycles. The zero-order valence-electron chi connectivity index (χ0n) is 19.2. The van der Waals surface area contributed by atoms with E-state index in [1.54, 1.807) is 18.2 Å². The van der Waals surface area contributed by atoms with Crippen LogP contribution in [0.2, 0.25) is 0 Å². The molecule has 1 amide bonds. The Bertz CT molecular complexity index is 1350. The number of nitrogens with one attached hydrogen (secondary N) is 1. The summed E-state index contributed by atoms with van der Waals surface area (Å²) in [7, 11) is -3.64. The number of nitrogens with zero attached hydrogens (tertiary/aromatic N) is 2. The number of sulfonamides is 1. The van der Waals surface area contributed by atoms with Crippen molar-refractivity contribution in [2.75, 3.05) is 25.0 Å². The number of aromatic nitrogens is 1. The molecular formula is C26H27N3O5S. The van der Waals surface area contributed by atoms with Gasteiger partial charge in [0.25, 0.3) is 5.91 Å². The largest absolute Gasteiger partial charge is 0.452 e. The number of hydrogen-bond acceptors (Lipinski definition) is 6. The van der Waals surface area contributed by atoms with Gasteiger partial charge in [-0.15, -0.1) is 0 Å². The molecule has 182 valence electrons. The number of amides is 1. The predicted octanol–water partition coefficient (Wildman–Crippen LogP) is 3.99. The van der Waals surface area contributed by atoms with E-state index in [-0.39, 0.29) is 4.90 Å². The lowest BCUT2D eigenvalue weighted by molar-refractivity contribution is -0.142. The van der Waals surface area contributed by atoms with E-state index in [2.05, 4.69) is 10.3 Å². The average Bonchev–Trinajstić information content (AvgIpc) is 3.17. The summed E-state index contributed by atoms with van der Waals surface area (Å²) in [4.78, 5) is 28.8. The molecular weight excluding hydrogens is 466 g/mol. The SMILES string of the molecule is O=C(COC(=O)/C=C/c1ccc2ccccc2n1)Nc1cccc(S(=O)(=O)N2CCCCCC2)c1. The van der Waals surface area contributed by atoms with E-state index in [1.165, 1.54) is 28.6 Å². The van der Waals surface area contributed by atoms with Gasteiger partial charge in [0.1, 0.15) is 0 Å². The first kappa shape index (κ1) is 24.6. The van der Waals surface area contributed by atoms with Crippen molar-refractivity contribution >= 4 is 44.6 Å². The van der Waals surface area contributed by atoms with Crippen molar-refractivity contribution in [1.82, 2.24) is 9.29 Å². The second kappa shape index (κ2) is 11.2. The number of anilines is 1. The van der Waals surface area contributed by atoms with Crippen molar-refractivity contribution in [2.24, 2.45) is 0 Å². The number of benzene rings is 2. The summed E-state index contributed by atoms with van der Waals surface area (Å²) in [5, 5.41) is 3.58. The van der Waals surface area contributed by atoms with E-state index in [0.717, 1.165) is 36.6 Å². The monoisotopic (exact) mass is 493 g/mol. The van der Waals surface area contributed by atoms with Crippen molar-refractivity contribution in [3.8, 4) is 0 Å². The first-order chi connectivity index (χ1) is 16.9. The van der Waals surface area contributed by atoms with Gasteiger partial charge in [-0.2, -0.15) is 4.31 Å². The quantitative estimate of drug-likeness (QED) is 0.394. The van der Waals surface area contributed by atoms with Crippen LogP contribution in [0.3, 0.4) is 0 Å². The second-order valence-electron chi connectivity index (χ2n) is 8.26. The average molecular weight is 494 g/mol. The molecule has 2 heterocycles. The van der Waals surface area contributed by atoms with Gasteiger partial charge in [0.15, 0.2) is 6.61 Å². The molecule has 0 aliphatic carbocycles. The summed E-state index contributed by atoms with van der Waals surface area (Å²) < 4.78 is 32.5. The minimum absolute atomic E-state index is 0.125. The molecule has 0 radical (unpaired) electrons. The van der Waals surface area contributed by atoms with Crippen LogP contribution in [0.15, 0.2) is 71.6 Å². The van der Waals surface area contributed by atoms with Crippen LogP contribution in [-0.2, 0) is 24.3 Å². The third-order valence-corrected chi connectivity index (χ3v) is 7.57. The van der Waals surface area contributed by atoms with Crippen molar-refractivity contribution in [1.29, 1.82) is 0 Å². The predicted molar refractivity (Wildman–Crippen MR) is 134 cm³/mol. The van der Waals surface area contributed by atoms with Gasteiger partial charge in [-0.1, -0.05) is 43.2 Å². The Kier molecular flexibility index (Phi) is 7.89. The van der Waals surface area contributed by atoms with Crippen molar-refractivity contribution < 1.29 is 22.7 Å². The van der Waals surface area contributed by atoms with Crippen LogP contribution >= 0.6 is 0 Å². The minimum Gasteiger partial charge on any atom is -0.452 e. The summed E-state index contributed by atoms with van der Waals surface area (Å²) in [6, 6.07) is 17.4. The van der Waals surface area contributed by atoms with Gasteiger partial charge in [-0.3, -0.25) is 4.79 Å². The number of carbonyl (C=O) groups is 2. The summed E-state index contributed by atoms with van der Waals surface area (Å²) in [5.74, 6) is -1.26. The van der Waals surface area contributed by atoms with E-state index in [0.29, 0.717) is 24.5 Å². The van der Waals surface area contributed by atoms with Gasteiger partial charge in [-0.25, -0.2) is 18.2 Å². The highest BCUT2D eigenvalue weighted by atomic mass is 32.2. The first-order valence-corrected chi connectivity index (χ1v) is 13.0. The van der Waals surface area contributed by atoms with Gasteiger partial charge in [0.2, 0.25) is 10.0 Å². The van der Waals surface area contributed by atoms with Crippen molar-refractivity contribution in [3.05, 3.63) is 72.4 Å². The maximum absolute atomic E-state index is 13.0. The number of carbonyl (C=O) groups excluding carboxylic acids is 2. The lowest BCUT2D eigenvalue weighted by Gasteiger charge is -2.20. The molecule has 35 heavy (non-hydrogen) atoms. The number of hydrogen-bond donors (Lipinski definition) is 1. The van der Waals surface area contributed by atoms with Crippen LogP contribution in [0.4, 0.5) is 5.69 Å². The molecule has 2 aromatic carbocycles. The molecule has 4 rings (SSSR count). The fourth-order valence-electron chi connectivity index (χ4n) is 3.88. The molecule has 9 heteroatoms. The molecule has 0 saturated carbocycles. The van der Waals surface area contributed by atoms with E-state index < -0.39 is 28.5 Å². The zero-order valence-corrected chi connectivity index (χ0v) is 20.0. The van der Waals surface area contributed by atoms with Gasteiger partial charge in [0.05, 0.1) is 16.1 Å². The Labute approximate surface area is 204 Å². The van der Waals surface area contributed by atoms with Gasteiger partial charge in [-0.05, 0) is 49.2 Å². The van der Waals surface area contributed by atoms with E-state index >= 15 is 0 Å². The standard InChI is InChI=1S/C26H27N3O5S/c30-25(19-34-26(31)15-14-21-13-12-20-8-3-4-11-24(20)27-21)28-22-9-7-10-23(18-22)35(32,33)29-16-5-1-2-6-17-29/h3-4,7-15,18H,1-2,5-6,16-17,19H2,(H,28,30)/b15-14+. The van der Waals surface area contributed by atoms with Crippen LogP contribution < -0.4 is 5.32 Å². The maximum atomic E-state index is 13.0. The highest BCUT2D eigenvalue weighted by Gasteiger charge is 2.25. The van der Waals surface area contributed by atoms with Crippen molar-refractivity contribution in [3.63, 3.8) is 0 Å². The molecule has 3 aromatic rings. The smallest absolute Gasteiger partial charge is 0.331 e. The van der Waals surface area contributed by atoms with Crippen molar-refractivity contribution in [2.45, 2.75) is 30.6 Å². The number of ether oxygens (including phenoxy) is 1. The van der Waals surface area contributed by atoms with Crippen LogP contribution in [0.5, 0.6) is 0 Å². The molecule has 8 nitrogen and oxygen atoms in total. The summed E-state index contributed by atoms with van der Waals surface area (Å²) in [6.07, 6.45) is 6.45. The number of fused-ring (bicyclic) bond motifs is 1. The van der Waals surface area contributed by atoms with Gasteiger partial charge in [0, 0.05) is 30.2 Å². The molecule has 1 aromatic heterocycles. The highest BCUT2D eigenvalue weighted by molar-refractivity contribution is 7.89. The Morgan fingerprint density at radius 2 is 1.74 bits per heavy atom. The van der Waals surface area contributed by atoms with Crippen LogP contribution in [0.1, 0.15) is 31.4 Å². The maximum Gasteiger partial charge on any atom is 0.331 e. The number of esters is 1. The molecule has 1 aliphatic rings. The molecule has 0 bridgehead atoms. The third kappa shape index (κ3) is 6.52. The van der Waals surface area contributed by atoms with Crippen LogP contribution in [0, 0.1) is 0 Å². The number of para-hydroxylation sites is 1. The van der Waals surface area contributed by atoms with Gasteiger partial charge >= 0.3 is 5.97 Å². The normalized spacial score (nSPS) is 15.1. The van der Waals surface area contributed by atoms with E-state index in [9.17, 15) is 18.0 Å². The van der Waals surface area contributed by atoms with Crippen LogP contribution in [0.25, 0.3) is 17.0 Å². The Hall–Kier alpha value is -3.56. The van der Waals surface area contributed by atoms with Gasteiger partial charge < -0.3 is 10.1 Å². The molecule has 0 atom stereocenters. The second-order valence-corrected chi connectivity index (χ2v) is 10.2. The number of pyridine rings is 1. The first-order valence-electron chi connectivity index (χ1n) is 11.5. The van der Waals surface area contributed by atoms with E-state index in [4.69, 9.17) is 4.74 Å². The molecule has 0 spiro atoms.